The Bertz CT molecular complexity index is 651. The van der Waals surface area contributed by atoms with Crippen molar-refractivity contribution in [3.8, 4) is 11.4 Å². The van der Waals surface area contributed by atoms with Crippen LogP contribution in [-0.4, -0.2) is 32.3 Å². The molecule has 0 aliphatic carbocycles. The van der Waals surface area contributed by atoms with E-state index in [0.29, 0.717) is 18.0 Å². The number of hydrogen-bond donors (Lipinski definition) is 0. The summed E-state index contributed by atoms with van der Waals surface area (Å²) in [5.41, 5.74) is 0.645. The normalized spacial score (nSPS) is 10.4. The van der Waals surface area contributed by atoms with E-state index in [1.54, 1.807) is 12.1 Å². The maximum Gasteiger partial charge on any atom is 0.327 e. The Balaban J connectivity index is 1.98. The molecular weight excluding hydrogens is 288 g/mol. The van der Waals surface area contributed by atoms with Crippen LogP contribution in [0.3, 0.4) is 0 Å². The first-order chi connectivity index (χ1) is 10.6. The van der Waals surface area contributed by atoms with Crippen LogP contribution in [0.25, 0.3) is 11.4 Å². The molecule has 0 saturated carbocycles. The highest BCUT2D eigenvalue weighted by Gasteiger charge is 2.10. The molecule has 0 amide bonds. The van der Waals surface area contributed by atoms with Crippen molar-refractivity contribution < 1.29 is 14.5 Å². The molecule has 116 valence electrons. The smallest absolute Gasteiger partial charge is 0.327 e. The van der Waals surface area contributed by atoms with Gasteiger partial charge in [0.2, 0.25) is 0 Å². The van der Waals surface area contributed by atoms with E-state index >= 15 is 0 Å². The predicted molar refractivity (Wildman–Crippen MR) is 78.0 cm³/mol. The third kappa shape index (κ3) is 4.11. The summed E-state index contributed by atoms with van der Waals surface area (Å²) in [6.45, 7) is 2.41. The fraction of sp³-hybridized carbons (Fsp3) is 0.357. The van der Waals surface area contributed by atoms with Crippen molar-refractivity contribution in [2.75, 3.05) is 6.61 Å². The van der Waals surface area contributed by atoms with Crippen LogP contribution in [0, 0.1) is 10.1 Å². The van der Waals surface area contributed by atoms with Crippen LogP contribution >= 0.6 is 0 Å². The minimum atomic E-state index is -0.470. The molecule has 8 heteroatoms. The number of benzene rings is 1. The van der Waals surface area contributed by atoms with Gasteiger partial charge in [-0.3, -0.25) is 14.9 Å². The van der Waals surface area contributed by atoms with Crippen LogP contribution in [0.1, 0.15) is 19.8 Å². The van der Waals surface area contributed by atoms with Crippen LogP contribution in [0.4, 0.5) is 5.69 Å². The van der Waals surface area contributed by atoms with Gasteiger partial charge in [0.25, 0.3) is 5.69 Å². The van der Waals surface area contributed by atoms with Crippen molar-refractivity contribution in [1.29, 1.82) is 0 Å². The first kappa shape index (κ1) is 15.6. The van der Waals surface area contributed by atoms with E-state index < -0.39 is 4.92 Å². The van der Waals surface area contributed by atoms with Crippen LogP contribution in [0.15, 0.2) is 30.6 Å². The van der Waals surface area contributed by atoms with E-state index in [9.17, 15) is 14.9 Å². The summed E-state index contributed by atoms with van der Waals surface area (Å²) in [5.74, 6) is 0.0323. The number of carbonyl (C=O) groups is 1. The Morgan fingerprint density at radius 3 is 2.73 bits per heavy atom. The molecule has 8 nitrogen and oxygen atoms in total. The quantitative estimate of drug-likeness (QED) is 0.336. The Morgan fingerprint density at radius 1 is 1.36 bits per heavy atom. The van der Waals surface area contributed by atoms with Crippen molar-refractivity contribution in [3.63, 3.8) is 0 Å². The lowest BCUT2D eigenvalue weighted by molar-refractivity contribution is -0.384. The largest absolute Gasteiger partial charge is 0.464 e. The Hall–Kier alpha value is -2.77. The SMILES string of the molecule is CCCCOC(=O)Cn1cnc(-c2ccc([N+](=O)[O-])cc2)n1. The molecule has 2 aromatic rings. The summed E-state index contributed by atoms with van der Waals surface area (Å²) in [6.07, 6.45) is 3.22. The number of esters is 1. The van der Waals surface area contributed by atoms with E-state index in [1.165, 1.54) is 23.1 Å². The lowest BCUT2D eigenvalue weighted by Gasteiger charge is -2.03. The van der Waals surface area contributed by atoms with Gasteiger partial charge >= 0.3 is 5.97 Å². The number of aromatic nitrogens is 3. The molecule has 0 fully saturated rings. The molecule has 0 aliphatic heterocycles. The molecule has 0 N–H and O–H groups in total. The highest BCUT2D eigenvalue weighted by molar-refractivity contribution is 5.69. The number of rotatable bonds is 7. The third-order valence-electron chi connectivity index (χ3n) is 2.92. The summed E-state index contributed by atoms with van der Waals surface area (Å²) >= 11 is 0. The van der Waals surface area contributed by atoms with Gasteiger partial charge in [-0.25, -0.2) is 9.67 Å². The lowest BCUT2D eigenvalue weighted by Crippen LogP contribution is -2.14. The Morgan fingerprint density at radius 2 is 2.09 bits per heavy atom. The second-order valence-corrected chi connectivity index (χ2v) is 4.64. The molecular formula is C14H16N4O4. The van der Waals surface area contributed by atoms with Gasteiger partial charge in [0.15, 0.2) is 5.82 Å². The maximum atomic E-state index is 11.6. The van der Waals surface area contributed by atoms with Gasteiger partial charge in [-0.1, -0.05) is 13.3 Å². The molecule has 0 saturated heterocycles. The van der Waals surface area contributed by atoms with Gasteiger partial charge < -0.3 is 4.74 Å². The van der Waals surface area contributed by atoms with E-state index in [2.05, 4.69) is 10.1 Å². The number of carbonyl (C=O) groups excluding carboxylic acids is 1. The summed E-state index contributed by atoms with van der Waals surface area (Å²) in [5, 5.41) is 14.8. The average molecular weight is 304 g/mol. The molecule has 0 spiro atoms. The predicted octanol–water partition coefficient (Wildman–Crippen LogP) is 2.20. The third-order valence-corrected chi connectivity index (χ3v) is 2.92. The van der Waals surface area contributed by atoms with Crippen LogP contribution < -0.4 is 0 Å². The van der Waals surface area contributed by atoms with Gasteiger partial charge in [-0.2, -0.15) is 5.10 Å². The Kier molecular flexibility index (Phi) is 5.18. The topological polar surface area (TPSA) is 100 Å². The zero-order valence-electron chi connectivity index (χ0n) is 12.1. The molecule has 0 unspecified atom stereocenters. The van der Waals surface area contributed by atoms with E-state index in [-0.39, 0.29) is 18.2 Å². The number of hydrogen-bond acceptors (Lipinski definition) is 6. The highest BCUT2D eigenvalue weighted by atomic mass is 16.6. The standard InChI is InChI=1S/C14H16N4O4/c1-2-3-8-22-13(19)9-17-10-15-14(16-17)11-4-6-12(7-5-11)18(20)21/h4-7,10H,2-3,8-9H2,1H3. The second-order valence-electron chi connectivity index (χ2n) is 4.64. The minimum absolute atomic E-state index is 0.00249. The van der Waals surface area contributed by atoms with Gasteiger partial charge in [-0.05, 0) is 18.6 Å². The van der Waals surface area contributed by atoms with E-state index in [0.717, 1.165) is 12.8 Å². The monoisotopic (exact) mass is 304 g/mol. The highest BCUT2D eigenvalue weighted by Crippen LogP contribution is 2.18. The van der Waals surface area contributed by atoms with Gasteiger partial charge in [0.05, 0.1) is 11.5 Å². The molecule has 1 aromatic heterocycles. The molecule has 1 aromatic carbocycles. The first-order valence-electron chi connectivity index (χ1n) is 6.90. The Labute approximate surface area is 126 Å². The van der Waals surface area contributed by atoms with Crippen molar-refractivity contribution in [2.45, 2.75) is 26.3 Å². The van der Waals surface area contributed by atoms with E-state index in [1.807, 2.05) is 6.92 Å². The summed E-state index contributed by atoms with van der Waals surface area (Å²) in [4.78, 5) is 25.8. The van der Waals surface area contributed by atoms with Gasteiger partial charge in [-0.15, -0.1) is 0 Å². The molecule has 0 bridgehead atoms. The minimum Gasteiger partial charge on any atom is -0.464 e. The van der Waals surface area contributed by atoms with E-state index in [4.69, 9.17) is 4.74 Å². The number of non-ortho nitro benzene ring substituents is 1. The molecule has 0 atom stereocenters. The van der Waals surface area contributed by atoms with Crippen molar-refractivity contribution >= 4 is 11.7 Å². The average Bonchev–Trinajstić information content (AvgIpc) is 2.96. The van der Waals surface area contributed by atoms with Crippen molar-refractivity contribution in [2.24, 2.45) is 0 Å². The number of nitro groups is 1. The van der Waals surface area contributed by atoms with Gasteiger partial charge in [0.1, 0.15) is 12.9 Å². The fourth-order valence-corrected chi connectivity index (χ4v) is 1.74. The van der Waals surface area contributed by atoms with Gasteiger partial charge in [0, 0.05) is 17.7 Å². The van der Waals surface area contributed by atoms with Crippen LogP contribution in [0.5, 0.6) is 0 Å². The number of nitro benzene ring substituents is 1. The van der Waals surface area contributed by atoms with Crippen molar-refractivity contribution in [3.05, 3.63) is 40.7 Å². The lowest BCUT2D eigenvalue weighted by atomic mass is 10.2. The van der Waals surface area contributed by atoms with Crippen LogP contribution in [-0.2, 0) is 16.1 Å². The number of unbranched alkanes of at least 4 members (excludes halogenated alkanes) is 1. The zero-order valence-corrected chi connectivity index (χ0v) is 12.1. The van der Waals surface area contributed by atoms with Crippen LogP contribution in [0.2, 0.25) is 0 Å². The van der Waals surface area contributed by atoms with Crippen molar-refractivity contribution in [1.82, 2.24) is 14.8 Å². The summed E-state index contributed by atoms with van der Waals surface area (Å²) < 4.78 is 6.42. The maximum absolute atomic E-state index is 11.6. The number of ether oxygens (including phenoxy) is 1. The molecule has 0 aliphatic rings. The second kappa shape index (κ2) is 7.30. The fourth-order valence-electron chi connectivity index (χ4n) is 1.74. The summed E-state index contributed by atoms with van der Waals surface area (Å²) in [7, 11) is 0. The zero-order chi connectivity index (χ0) is 15.9. The first-order valence-corrected chi connectivity index (χ1v) is 6.90. The molecule has 1 heterocycles. The molecule has 0 radical (unpaired) electrons. The summed E-state index contributed by atoms with van der Waals surface area (Å²) in [6, 6.07) is 5.90. The molecule has 22 heavy (non-hydrogen) atoms. The molecule has 2 rings (SSSR count). The number of nitrogens with zero attached hydrogens (tertiary/aromatic N) is 4.